The van der Waals surface area contributed by atoms with Gasteiger partial charge in [0.05, 0.1) is 4.92 Å². The summed E-state index contributed by atoms with van der Waals surface area (Å²) >= 11 is 0. The summed E-state index contributed by atoms with van der Waals surface area (Å²) in [7, 11) is 0. The van der Waals surface area contributed by atoms with Crippen LogP contribution in [0.15, 0.2) is 18.2 Å². The van der Waals surface area contributed by atoms with Gasteiger partial charge in [-0.15, -0.1) is 0 Å². The molecule has 0 fully saturated rings. The van der Waals surface area contributed by atoms with E-state index in [1.807, 2.05) is 6.92 Å². The van der Waals surface area contributed by atoms with E-state index in [9.17, 15) is 14.5 Å². The average molecular weight is 227 g/mol. The van der Waals surface area contributed by atoms with E-state index in [-0.39, 0.29) is 11.4 Å². The van der Waals surface area contributed by atoms with Gasteiger partial charge in [-0.2, -0.15) is 0 Å². The van der Waals surface area contributed by atoms with Crippen molar-refractivity contribution in [3.63, 3.8) is 0 Å². The van der Waals surface area contributed by atoms with E-state index in [0.717, 1.165) is 24.7 Å². The van der Waals surface area contributed by atoms with Crippen molar-refractivity contribution >= 4 is 11.4 Å². The van der Waals surface area contributed by atoms with Crippen LogP contribution in [-0.4, -0.2) is 24.6 Å². The SMILES string of the molecule is CCNCCNc1cc(F)ccc1[N+](=O)[O-]. The number of likely N-dealkylation sites (N-methyl/N-ethyl adjacent to an activating group) is 1. The fourth-order valence-electron chi connectivity index (χ4n) is 1.27. The Morgan fingerprint density at radius 3 is 2.81 bits per heavy atom. The third kappa shape index (κ3) is 3.47. The number of benzene rings is 1. The van der Waals surface area contributed by atoms with Crippen molar-refractivity contribution in [3.05, 3.63) is 34.1 Å². The summed E-state index contributed by atoms with van der Waals surface area (Å²) in [5.74, 6) is -0.489. The molecule has 1 aromatic carbocycles. The van der Waals surface area contributed by atoms with E-state index in [1.54, 1.807) is 0 Å². The van der Waals surface area contributed by atoms with E-state index in [4.69, 9.17) is 0 Å². The second-order valence-corrected chi connectivity index (χ2v) is 3.20. The molecule has 0 aliphatic carbocycles. The molecule has 0 aliphatic heterocycles. The lowest BCUT2D eigenvalue weighted by molar-refractivity contribution is -0.384. The number of nitro groups is 1. The summed E-state index contributed by atoms with van der Waals surface area (Å²) in [4.78, 5) is 10.1. The summed E-state index contributed by atoms with van der Waals surface area (Å²) in [6.07, 6.45) is 0. The van der Waals surface area contributed by atoms with Crippen molar-refractivity contribution < 1.29 is 9.31 Å². The largest absolute Gasteiger partial charge is 0.378 e. The molecule has 0 heterocycles. The molecule has 0 unspecified atom stereocenters. The van der Waals surface area contributed by atoms with Crippen LogP contribution in [0.3, 0.4) is 0 Å². The highest BCUT2D eigenvalue weighted by molar-refractivity contribution is 5.61. The van der Waals surface area contributed by atoms with Gasteiger partial charge in [0.25, 0.3) is 5.69 Å². The van der Waals surface area contributed by atoms with Crippen molar-refractivity contribution in [1.29, 1.82) is 0 Å². The molecule has 0 saturated carbocycles. The minimum atomic E-state index is -0.533. The zero-order valence-electron chi connectivity index (χ0n) is 9.00. The van der Waals surface area contributed by atoms with Crippen molar-refractivity contribution in [3.8, 4) is 0 Å². The molecule has 2 N–H and O–H groups in total. The Kier molecular flexibility index (Phi) is 4.65. The lowest BCUT2D eigenvalue weighted by atomic mass is 10.2. The second-order valence-electron chi connectivity index (χ2n) is 3.20. The van der Waals surface area contributed by atoms with Crippen LogP contribution in [0, 0.1) is 15.9 Å². The van der Waals surface area contributed by atoms with Crippen molar-refractivity contribution in [2.24, 2.45) is 0 Å². The van der Waals surface area contributed by atoms with Crippen LogP contribution < -0.4 is 10.6 Å². The number of rotatable bonds is 6. The summed E-state index contributed by atoms with van der Waals surface area (Å²) in [6, 6.07) is 3.36. The smallest absolute Gasteiger partial charge is 0.292 e. The van der Waals surface area contributed by atoms with Gasteiger partial charge in [0.15, 0.2) is 0 Å². The van der Waals surface area contributed by atoms with Gasteiger partial charge in [-0.05, 0) is 12.6 Å². The Bertz CT molecular complexity index is 371. The van der Waals surface area contributed by atoms with Crippen molar-refractivity contribution in [2.45, 2.75) is 6.92 Å². The molecule has 0 bridgehead atoms. The fraction of sp³-hybridized carbons (Fsp3) is 0.400. The minimum Gasteiger partial charge on any atom is -0.378 e. The molecule has 0 aromatic heterocycles. The molecule has 16 heavy (non-hydrogen) atoms. The zero-order chi connectivity index (χ0) is 12.0. The van der Waals surface area contributed by atoms with Crippen LogP contribution in [0.5, 0.6) is 0 Å². The molecule has 0 atom stereocenters. The predicted molar refractivity (Wildman–Crippen MR) is 60.1 cm³/mol. The minimum absolute atomic E-state index is 0.113. The number of hydrogen-bond donors (Lipinski definition) is 2. The van der Waals surface area contributed by atoms with Crippen molar-refractivity contribution in [1.82, 2.24) is 5.32 Å². The van der Waals surface area contributed by atoms with Gasteiger partial charge in [-0.25, -0.2) is 4.39 Å². The van der Waals surface area contributed by atoms with Crippen LogP contribution in [0.1, 0.15) is 6.92 Å². The summed E-state index contributed by atoms with van der Waals surface area (Å²) in [5.41, 5.74) is 0.0980. The molecule has 1 aromatic rings. The van der Waals surface area contributed by atoms with Gasteiger partial charge < -0.3 is 10.6 Å². The highest BCUT2D eigenvalue weighted by Gasteiger charge is 2.13. The number of halogens is 1. The average Bonchev–Trinajstić information content (AvgIpc) is 2.24. The lowest BCUT2D eigenvalue weighted by Crippen LogP contribution is -2.21. The molecule has 0 saturated heterocycles. The maximum Gasteiger partial charge on any atom is 0.292 e. The number of anilines is 1. The van der Waals surface area contributed by atoms with Crippen LogP contribution in [0.2, 0.25) is 0 Å². The maximum absolute atomic E-state index is 12.9. The first kappa shape index (κ1) is 12.4. The predicted octanol–water partition coefficient (Wildman–Crippen LogP) is 1.76. The molecule has 5 nitrogen and oxygen atoms in total. The number of nitrogens with zero attached hydrogens (tertiary/aromatic N) is 1. The molecular weight excluding hydrogens is 213 g/mol. The molecule has 1 rings (SSSR count). The fourth-order valence-corrected chi connectivity index (χ4v) is 1.27. The number of nitro benzene ring substituents is 1. The summed E-state index contributed by atoms with van der Waals surface area (Å²) in [6.45, 7) is 3.97. The van der Waals surface area contributed by atoms with Crippen LogP contribution in [-0.2, 0) is 0 Å². The topological polar surface area (TPSA) is 67.2 Å². The molecule has 0 spiro atoms. The van der Waals surface area contributed by atoms with Gasteiger partial charge in [-0.1, -0.05) is 6.92 Å². The Balaban J connectivity index is 2.68. The van der Waals surface area contributed by atoms with E-state index in [2.05, 4.69) is 10.6 Å². The Hall–Kier alpha value is -1.69. The quantitative estimate of drug-likeness (QED) is 0.441. The standard InChI is InChI=1S/C10H14FN3O2/c1-2-12-5-6-13-9-7-8(11)3-4-10(9)14(15)16/h3-4,7,12-13H,2,5-6H2,1H3. The first-order chi connectivity index (χ1) is 7.65. The van der Waals surface area contributed by atoms with Gasteiger partial charge in [0.1, 0.15) is 11.5 Å². The van der Waals surface area contributed by atoms with Gasteiger partial charge in [0.2, 0.25) is 0 Å². The first-order valence-corrected chi connectivity index (χ1v) is 5.03. The van der Waals surface area contributed by atoms with Gasteiger partial charge in [-0.3, -0.25) is 10.1 Å². The first-order valence-electron chi connectivity index (χ1n) is 5.03. The third-order valence-electron chi connectivity index (χ3n) is 2.02. The third-order valence-corrected chi connectivity index (χ3v) is 2.02. The molecular formula is C10H14FN3O2. The molecule has 88 valence electrons. The number of nitrogens with one attached hydrogen (secondary N) is 2. The van der Waals surface area contributed by atoms with Crippen LogP contribution >= 0.6 is 0 Å². The number of hydrogen-bond acceptors (Lipinski definition) is 4. The molecule has 0 radical (unpaired) electrons. The van der Waals surface area contributed by atoms with Crippen molar-refractivity contribution in [2.75, 3.05) is 25.0 Å². The summed E-state index contributed by atoms with van der Waals surface area (Å²) < 4.78 is 12.9. The zero-order valence-corrected chi connectivity index (χ0v) is 9.00. The van der Waals surface area contributed by atoms with E-state index in [0.29, 0.717) is 13.1 Å². The van der Waals surface area contributed by atoms with Crippen LogP contribution in [0.25, 0.3) is 0 Å². The van der Waals surface area contributed by atoms with E-state index >= 15 is 0 Å². The molecule has 0 amide bonds. The van der Waals surface area contributed by atoms with E-state index in [1.165, 1.54) is 0 Å². The lowest BCUT2D eigenvalue weighted by Gasteiger charge is -2.07. The molecule has 0 aliphatic rings. The monoisotopic (exact) mass is 227 g/mol. The Morgan fingerprint density at radius 2 is 2.19 bits per heavy atom. The van der Waals surface area contributed by atoms with Gasteiger partial charge >= 0.3 is 0 Å². The Morgan fingerprint density at radius 1 is 1.44 bits per heavy atom. The maximum atomic E-state index is 12.9. The van der Waals surface area contributed by atoms with Gasteiger partial charge in [0, 0.05) is 25.2 Å². The summed E-state index contributed by atoms with van der Waals surface area (Å²) in [5, 5.41) is 16.5. The molecule has 6 heteroatoms. The highest BCUT2D eigenvalue weighted by atomic mass is 19.1. The Labute approximate surface area is 92.8 Å². The second kappa shape index (κ2) is 6.02. The van der Waals surface area contributed by atoms with Crippen LogP contribution in [0.4, 0.5) is 15.8 Å². The van der Waals surface area contributed by atoms with E-state index < -0.39 is 10.7 Å². The normalized spacial score (nSPS) is 10.1. The highest BCUT2D eigenvalue weighted by Crippen LogP contribution is 2.24.